The maximum absolute atomic E-state index is 13.5. The van der Waals surface area contributed by atoms with Crippen LogP contribution in [0, 0.1) is 0 Å². The lowest BCUT2D eigenvalue weighted by Gasteiger charge is -2.31. The van der Waals surface area contributed by atoms with Gasteiger partial charge in [0.2, 0.25) is 0 Å². The van der Waals surface area contributed by atoms with Gasteiger partial charge in [-0.2, -0.15) is 0 Å². The van der Waals surface area contributed by atoms with Gasteiger partial charge < -0.3 is 16.0 Å². The van der Waals surface area contributed by atoms with Gasteiger partial charge in [-0.3, -0.25) is 9.78 Å². The highest BCUT2D eigenvalue weighted by atomic mass is 32.1. The number of piperidine rings is 1. The maximum Gasteiger partial charge on any atom is 0.276 e. The van der Waals surface area contributed by atoms with E-state index in [1.165, 1.54) is 11.3 Å². The summed E-state index contributed by atoms with van der Waals surface area (Å²) in [6.45, 7) is 1.18. The summed E-state index contributed by atoms with van der Waals surface area (Å²) < 4.78 is 13.5. The predicted molar refractivity (Wildman–Crippen MR) is 108 cm³/mol. The van der Waals surface area contributed by atoms with Crippen molar-refractivity contribution in [3.63, 3.8) is 0 Å². The Bertz CT molecular complexity index is 972. The van der Waals surface area contributed by atoms with Crippen LogP contribution in [0.2, 0.25) is 0 Å². The van der Waals surface area contributed by atoms with E-state index in [9.17, 15) is 9.18 Å². The molecule has 0 saturated carbocycles. The van der Waals surface area contributed by atoms with Crippen LogP contribution in [0.5, 0.6) is 0 Å². The lowest BCUT2D eigenvalue weighted by atomic mass is 10.1. The molecule has 3 aromatic rings. The van der Waals surface area contributed by atoms with E-state index in [0.717, 1.165) is 5.69 Å². The number of anilines is 3. The van der Waals surface area contributed by atoms with E-state index in [0.29, 0.717) is 42.3 Å². The number of nitrogens with zero attached hydrogens (tertiary/aromatic N) is 4. The first-order valence-electron chi connectivity index (χ1n) is 8.92. The van der Waals surface area contributed by atoms with E-state index in [1.54, 1.807) is 30.7 Å². The second-order valence-electron chi connectivity index (χ2n) is 6.48. The summed E-state index contributed by atoms with van der Waals surface area (Å²) in [5.41, 5.74) is 8.34. The SMILES string of the molecule is Nc1ccc(-c2nccs2)nc1C(=O)Nc1cnccc1N1CCC(F)CC1. The number of pyridine rings is 2. The maximum atomic E-state index is 13.5. The van der Waals surface area contributed by atoms with Crippen molar-refractivity contribution in [2.24, 2.45) is 0 Å². The molecule has 3 N–H and O–H groups in total. The van der Waals surface area contributed by atoms with Gasteiger partial charge in [-0.15, -0.1) is 11.3 Å². The summed E-state index contributed by atoms with van der Waals surface area (Å²) >= 11 is 1.43. The van der Waals surface area contributed by atoms with Crippen LogP contribution >= 0.6 is 11.3 Å². The van der Waals surface area contributed by atoms with Crippen molar-refractivity contribution >= 4 is 34.3 Å². The summed E-state index contributed by atoms with van der Waals surface area (Å²) in [6, 6.07) is 5.20. The Morgan fingerprint density at radius 1 is 1.25 bits per heavy atom. The molecule has 9 heteroatoms. The van der Waals surface area contributed by atoms with Crippen LogP contribution in [0.3, 0.4) is 0 Å². The van der Waals surface area contributed by atoms with Crippen LogP contribution in [-0.4, -0.2) is 40.1 Å². The fraction of sp³-hybridized carbons (Fsp3) is 0.263. The first-order valence-corrected chi connectivity index (χ1v) is 9.80. The van der Waals surface area contributed by atoms with Crippen molar-refractivity contribution in [3.8, 4) is 10.7 Å². The fourth-order valence-electron chi connectivity index (χ4n) is 3.15. The molecule has 0 aromatic carbocycles. The molecule has 0 unspecified atom stereocenters. The number of hydrogen-bond donors (Lipinski definition) is 2. The van der Waals surface area contributed by atoms with Gasteiger partial charge in [0.05, 0.1) is 29.0 Å². The topological polar surface area (TPSA) is 97.0 Å². The molecule has 0 spiro atoms. The van der Waals surface area contributed by atoms with E-state index in [1.807, 2.05) is 11.4 Å². The van der Waals surface area contributed by atoms with E-state index >= 15 is 0 Å². The summed E-state index contributed by atoms with van der Waals surface area (Å²) in [6.07, 6.45) is 5.09. The Labute approximate surface area is 165 Å². The van der Waals surface area contributed by atoms with E-state index in [2.05, 4.69) is 25.2 Å². The molecule has 3 aromatic heterocycles. The Morgan fingerprint density at radius 2 is 2.07 bits per heavy atom. The molecular weight excluding hydrogens is 379 g/mol. The number of rotatable bonds is 4. The van der Waals surface area contributed by atoms with Crippen LogP contribution in [-0.2, 0) is 0 Å². The third-order valence-corrected chi connectivity index (χ3v) is 5.40. The molecule has 1 aliphatic rings. The van der Waals surface area contributed by atoms with E-state index in [4.69, 9.17) is 5.73 Å². The van der Waals surface area contributed by atoms with E-state index < -0.39 is 12.1 Å². The average Bonchev–Trinajstić information content (AvgIpc) is 3.24. The number of nitrogen functional groups attached to an aromatic ring is 1. The minimum atomic E-state index is -0.770. The quantitative estimate of drug-likeness (QED) is 0.699. The smallest absolute Gasteiger partial charge is 0.276 e. The summed E-state index contributed by atoms with van der Waals surface area (Å²) in [5.74, 6) is -0.425. The van der Waals surface area contributed by atoms with Crippen molar-refractivity contribution < 1.29 is 9.18 Å². The molecule has 144 valence electrons. The number of aromatic nitrogens is 3. The lowest BCUT2D eigenvalue weighted by molar-refractivity contribution is 0.102. The van der Waals surface area contributed by atoms with Gasteiger partial charge in [0, 0.05) is 30.9 Å². The Balaban J connectivity index is 1.59. The van der Waals surface area contributed by atoms with E-state index in [-0.39, 0.29) is 11.4 Å². The lowest BCUT2D eigenvalue weighted by Crippen LogP contribution is -2.35. The van der Waals surface area contributed by atoms with Crippen molar-refractivity contribution in [2.45, 2.75) is 19.0 Å². The highest BCUT2D eigenvalue weighted by molar-refractivity contribution is 7.13. The first kappa shape index (κ1) is 18.3. The summed E-state index contributed by atoms with van der Waals surface area (Å²) in [5, 5.41) is 5.41. The number of halogens is 1. The first-order chi connectivity index (χ1) is 13.6. The molecule has 1 saturated heterocycles. The molecular formula is C19H19FN6OS. The number of nitrogens with one attached hydrogen (secondary N) is 1. The second-order valence-corrected chi connectivity index (χ2v) is 7.37. The van der Waals surface area contributed by atoms with Gasteiger partial charge >= 0.3 is 0 Å². The minimum Gasteiger partial charge on any atom is -0.397 e. The van der Waals surface area contributed by atoms with Gasteiger partial charge in [-0.05, 0) is 31.0 Å². The number of alkyl halides is 1. The molecule has 4 rings (SSSR count). The number of carbonyl (C=O) groups is 1. The van der Waals surface area contributed by atoms with Crippen LogP contribution in [0.1, 0.15) is 23.3 Å². The second kappa shape index (κ2) is 7.89. The molecule has 1 amide bonds. The molecule has 28 heavy (non-hydrogen) atoms. The molecule has 1 aliphatic heterocycles. The van der Waals surface area contributed by atoms with Crippen LogP contribution < -0.4 is 16.0 Å². The van der Waals surface area contributed by atoms with Crippen molar-refractivity contribution in [3.05, 3.63) is 47.9 Å². The van der Waals surface area contributed by atoms with Crippen LogP contribution in [0.15, 0.2) is 42.2 Å². The van der Waals surface area contributed by atoms with Crippen LogP contribution in [0.25, 0.3) is 10.7 Å². The summed E-state index contributed by atoms with van der Waals surface area (Å²) in [4.78, 5) is 27.6. The minimum absolute atomic E-state index is 0.130. The zero-order chi connectivity index (χ0) is 19.5. The normalized spacial score (nSPS) is 14.8. The van der Waals surface area contributed by atoms with Gasteiger partial charge in [0.1, 0.15) is 11.2 Å². The zero-order valence-electron chi connectivity index (χ0n) is 15.0. The monoisotopic (exact) mass is 398 g/mol. The van der Waals surface area contributed by atoms with Gasteiger partial charge in [-0.1, -0.05) is 0 Å². The van der Waals surface area contributed by atoms with Crippen molar-refractivity contribution in [1.82, 2.24) is 15.0 Å². The molecule has 7 nitrogen and oxygen atoms in total. The zero-order valence-corrected chi connectivity index (χ0v) is 15.8. The number of hydrogen-bond acceptors (Lipinski definition) is 7. The average molecular weight is 398 g/mol. The number of amides is 1. The van der Waals surface area contributed by atoms with Crippen LogP contribution in [0.4, 0.5) is 21.5 Å². The van der Waals surface area contributed by atoms with Gasteiger partial charge in [0.25, 0.3) is 5.91 Å². The summed E-state index contributed by atoms with van der Waals surface area (Å²) in [7, 11) is 0. The molecule has 0 bridgehead atoms. The van der Waals surface area contributed by atoms with Crippen molar-refractivity contribution in [1.29, 1.82) is 0 Å². The predicted octanol–water partition coefficient (Wildman–Crippen LogP) is 3.37. The highest BCUT2D eigenvalue weighted by Gasteiger charge is 2.22. The fourth-order valence-corrected chi connectivity index (χ4v) is 3.76. The van der Waals surface area contributed by atoms with Gasteiger partial charge in [-0.25, -0.2) is 14.4 Å². The third-order valence-electron chi connectivity index (χ3n) is 4.60. The largest absolute Gasteiger partial charge is 0.397 e. The highest BCUT2D eigenvalue weighted by Crippen LogP contribution is 2.29. The number of nitrogens with two attached hydrogens (primary N) is 1. The Hall–Kier alpha value is -3.07. The Kier molecular flexibility index (Phi) is 5.16. The molecule has 0 radical (unpaired) electrons. The van der Waals surface area contributed by atoms with Gasteiger partial charge in [0.15, 0.2) is 5.69 Å². The third kappa shape index (κ3) is 3.79. The number of thiazole rings is 1. The molecule has 4 heterocycles. The number of carbonyl (C=O) groups excluding carboxylic acids is 1. The molecule has 0 aliphatic carbocycles. The van der Waals surface area contributed by atoms with Crippen molar-refractivity contribution in [2.75, 3.05) is 29.0 Å². The molecule has 0 atom stereocenters. The Morgan fingerprint density at radius 3 is 2.82 bits per heavy atom. The standard InChI is InChI=1S/C19H19FN6OS/c20-12-4-8-26(9-5-12)16-3-6-22-11-15(16)25-18(27)17-13(21)1-2-14(24-17)19-23-7-10-28-19/h1-3,6-7,10-12H,4-5,8-9,21H2,(H,25,27). The molecule has 1 fully saturated rings.